The van der Waals surface area contributed by atoms with Crippen LogP contribution in [0.25, 0.3) is 0 Å². The third kappa shape index (κ3) is 10.2. The van der Waals surface area contributed by atoms with E-state index in [-0.39, 0.29) is 48.9 Å². The summed E-state index contributed by atoms with van der Waals surface area (Å²) in [4.78, 5) is 60.2. The Kier molecular flexibility index (Phi) is 13.1. The fourth-order valence-corrected chi connectivity index (χ4v) is 4.46. The van der Waals surface area contributed by atoms with Gasteiger partial charge in [0.15, 0.2) is 6.10 Å². The topological polar surface area (TPSA) is 218 Å². The van der Waals surface area contributed by atoms with Crippen LogP contribution in [0.15, 0.2) is 30.4 Å². The second-order valence-corrected chi connectivity index (χ2v) is 12.0. The number of hydrogen-bond donors (Lipinski definition) is 5. The van der Waals surface area contributed by atoms with Crippen LogP contribution >= 0.6 is 0 Å². The maximum Gasteiger partial charge on any atom is 0.335 e. The van der Waals surface area contributed by atoms with Crippen molar-refractivity contribution in [3.63, 3.8) is 0 Å². The molecule has 3 amide bonds. The van der Waals surface area contributed by atoms with Gasteiger partial charge in [-0.05, 0) is 52.2 Å². The minimum Gasteiger partial charge on any atom is -0.493 e. The first-order chi connectivity index (χ1) is 21.7. The minimum atomic E-state index is -1.87. The van der Waals surface area contributed by atoms with E-state index in [1.54, 1.807) is 26.8 Å². The second kappa shape index (κ2) is 16.5. The van der Waals surface area contributed by atoms with Crippen molar-refractivity contribution in [2.45, 2.75) is 90.2 Å². The number of carboxylic acid groups (broad SMARTS) is 1. The van der Waals surface area contributed by atoms with E-state index < -0.39 is 48.1 Å². The summed E-state index contributed by atoms with van der Waals surface area (Å²) in [5.41, 5.74) is -0.266. The van der Waals surface area contributed by atoms with E-state index in [0.717, 1.165) is 0 Å². The highest BCUT2D eigenvalue weighted by Crippen LogP contribution is 2.30. The fourth-order valence-electron chi connectivity index (χ4n) is 4.46. The summed E-state index contributed by atoms with van der Waals surface area (Å²) >= 11 is 0. The molecule has 0 aliphatic carbocycles. The number of rotatable bonds is 16. The summed E-state index contributed by atoms with van der Waals surface area (Å²) in [5.74, 6) is -2.48. The van der Waals surface area contributed by atoms with Crippen molar-refractivity contribution < 1.29 is 63.3 Å². The molecule has 2 aliphatic heterocycles. The third-order valence-corrected chi connectivity index (χ3v) is 7.16. The number of unbranched alkanes of at least 4 members (excludes halogenated alkanes) is 2. The van der Waals surface area contributed by atoms with Gasteiger partial charge in [0, 0.05) is 43.3 Å². The van der Waals surface area contributed by atoms with Crippen molar-refractivity contribution in [1.82, 2.24) is 10.2 Å². The summed E-state index contributed by atoms with van der Waals surface area (Å²) in [6.45, 7) is 5.76. The number of ether oxygens (including phenoxy) is 4. The smallest absolute Gasteiger partial charge is 0.335 e. The Hall–Kier alpha value is -4.05. The number of esters is 1. The second-order valence-electron chi connectivity index (χ2n) is 12.0. The zero-order valence-corrected chi connectivity index (χ0v) is 26.0. The monoisotopic (exact) mass is 650 g/mol. The Morgan fingerprint density at radius 3 is 2.30 bits per heavy atom. The molecule has 15 heteroatoms. The van der Waals surface area contributed by atoms with E-state index in [1.807, 2.05) is 0 Å². The van der Waals surface area contributed by atoms with Gasteiger partial charge in [-0.2, -0.15) is 0 Å². The number of aliphatic hydroxyl groups excluding tert-OH is 3. The number of amides is 3. The predicted molar refractivity (Wildman–Crippen MR) is 158 cm³/mol. The van der Waals surface area contributed by atoms with Crippen LogP contribution in [0.2, 0.25) is 0 Å². The Bertz CT molecular complexity index is 1270. The predicted octanol–water partition coefficient (Wildman–Crippen LogP) is 0.417. The number of benzene rings is 1. The lowest BCUT2D eigenvalue weighted by atomic mass is 9.97. The number of carbonyl (C=O) groups excluding carboxylic acids is 4. The first-order valence-electron chi connectivity index (χ1n) is 15.0. The van der Waals surface area contributed by atoms with E-state index in [2.05, 4.69) is 5.32 Å². The van der Waals surface area contributed by atoms with E-state index in [9.17, 15) is 44.4 Å². The molecule has 46 heavy (non-hydrogen) atoms. The molecule has 0 aromatic heterocycles. The molecule has 2 aliphatic rings. The van der Waals surface area contributed by atoms with Crippen molar-refractivity contribution >= 4 is 29.7 Å². The molecule has 1 saturated heterocycles. The number of nitrogens with zero attached hydrogens (tertiary/aromatic N) is 1. The quantitative estimate of drug-likeness (QED) is 0.0932. The lowest BCUT2D eigenvalue weighted by Crippen LogP contribution is -2.61. The molecule has 15 nitrogen and oxygen atoms in total. The molecule has 1 aromatic carbocycles. The number of aliphatic carboxylic acids is 1. The van der Waals surface area contributed by atoms with Crippen molar-refractivity contribution in [3.8, 4) is 11.5 Å². The molecule has 1 fully saturated rings. The number of aliphatic hydroxyl groups is 3. The largest absolute Gasteiger partial charge is 0.493 e. The SMILES string of the molecule is CC(C)(C)C(=O)OCc1ccc(O[C@@H]2O[C@H](C(=O)O)[C@@H](O)[C@H](O)C2O)cc1OCCCNC(=O)CCCCCN1C(=O)C=CC1=O. The van der Waals surface area contributed by atoms with Crippen LogP contribution in [-0.4, -0.2) is 105 Å². The highest BCUT2D eigenvalue weighted by Gasteiger charge is 2.48. The number of imide groups is 1. The van der Waals surface area contributed by atoms with Gasteiger partial charge in [-0.15, -0.1) is 0 Å². The van der Waals surface area contributed by atoms with Gasteiger partial charge in [-0.3, -0.25) is 24.1 Å². The van der Waals surface area contributed by atoms with Gasteiger partial charge >= 0.3 is 11.9 Å². The van der Waals surface area contributed by atoms with Crippen molar-refractivity contribution in [3.05, 3.63) is 35.9 Å². The normalized spacial score (nSPS) is 22.9. The minimum absolute atomic E-state index is 0.0701. The summed E-state index contributed by atoms with van der Waals surface area (Å²) in [6.07, 6.45) is -3.90. The van der Waals surface area contributed by atoms with E-state index in [1.165, 1.54) is 29.2 Å². The molecular weight excluding hydrogens is 608 g/mol. The lowest BCUT2D eigenvalue weighted by Gasteiger charge is -2.38. The van der Waals surface area contributed by atoms with Crippen LogP contribution in [0.5, 0.6) is 11.5 Å². The Balaban J connectivity index is 1.51. The summed E-state index contributed by atoms with van der Waals surface area (Å²) in [5, 5.41) is 42.4. The maximum atomic E-state index is 12.3. The molecule has 1 unspecified atom stereocenters. The van der Waals surface area contributed by atoms with Gasteiger partial charge in [-0.1, -0.05) is 6.42 Å². The zero-order valence-electron chi connectivity index (χ0n) is 26.0. The molecule has 2 heterocycles. The van der Waals surface area contributed by atoms with Crippen LogP contribution in [0.3, 0.4) is 0 Å². The first kappa shape index (κ1) is 36.4. The number of nitrogens with one attached hydrogen (secondary N) is 1. The molecule has 0 bridgehead atoms. The number of hydrogen-bond acceptors (Lipinski definition) is 12. The molecule has 0 spiro atoms. The molecular formula is C31H42N2O13. The van der Waals surface area contributed by atoms with Crippen molar-refractivity contribution in [1.29, 1.82) is 0 Å². The van der Waals surface area contributed by atoms with Crippen LogP contribution < -0.4 is 14.8 Å². The van der Waals surface area contributed by atoms with E-state index in [0.29, 0.717) is 44.3 Å². The molecule has 5 N–H and O–H groups in total. The average Bonchev–Trinajstić information content (AvgIpc) is 3.31. The summed E-state index contributed by atoms with van der Waals surface area (Å²) in [6, 6.07) is 4.42. The molecule has 254 valence electrons. The van der Waals surface area contributed by atoms with Gasteiger partial charge in [0.05, 0.1) is 12.0 Å². The molecule has 5 atom stereocenters. The van der Waals surface area contributed by atoms with Gasteiger partial charge in [0.25, 0.3) is 11.8 Å². The van der Waals surface area contributed by atoms with Crippen LogP contribution in [0.1, 0.15) is 58.4 Å². The van der Waals surface area contributed by atoms with Crippen LogP contribution in [-0.2, 0) is 40.1 Å². The number of carbonyl (C=O) groups is 5. The molecule has 0 radical (unpaired) electrons. The zero-order chi connectivity index (χ0) is 34.0. The Morgan fingerprint density at radius 1 is 0.957 bits per heavy atom. The molecule has 0 saturated carbocycles. The number of carboxylic acids is 1. The Morgan fingerprint density at radius 2 is 1.65 bits per heavy atom. The molecule has 3 rings (SSSR count). The van der Waals surface area contributed by atoms with Gasteiger partial charge in [0.1, 0.15) is 36.4 Å². The van der Waals surface area contributed by atoms with Gasteiger partial charge in [0.2, 0.25) is 12.2 Å². The lowest BCUT2D eigenvalue weighted by molar-refractivity contribution is -0.271. The van der Waals surface area contributed by atoms with Gasteiger partial charge < -0.3 is 44.7 Å². The fraction of sp³-hybridized carbons (Fsp3) is 0.581. The van der Waals surface area contributed by atoms with E-state index in [4.69, 9.17) is 18.9 Å². The van der Waals surface area contributed by atoms with Crippen LogP contribution in [0, 0.1) is 5.41 Å². The molecule has 1 aromatic rings. The van der Waals surface area contributed by atoms with Crippen molar-refractivity contribution in [2.75, 3.05) is 19.7 Å². The van der Waals surface area contributed by atoms with E-state index >= 15 is 0 Å². The standard InChI is InChI=1S/C31H42N2O13/c1-31(2,3)30(42)44-17-18-9-10-19(45-29-26(39)24(37)25(38)27(46-29)28(40)41)16-20(18)43-15-7-13-32-21(34)8-5-4-6-14-33-22(35)11-12-23(33)36/h9-12,16,24-27,29,37-39H,4-8,13-15,17H2,1-3H3,(H,32,34)(H,40,41)/t24-,25-,26?,27-,29+/m0/s1. The van der Waals surface area contributed by atoms with Crippen molar-refractivity contribution in [2.24, 2.45) is 5.41 Å². The highest BCUT2D eigenvalue weighted by atomic mass is 16.7. The highest BCUT2D eigenvalue weighted by molar-refractivity contribution is 6.12. The summed E-state index contributed by atoms with van der Waals surface area (Å²) in [7, 11) is 0. The average molecular weight is 651 g/mol. The third-order valence-electron chi connectivity index (χ3n) is 7.16. The summed E-state index contributed by atoms with van der Waals surface area (Å²) < 4.78 is 22.1. The Labute approximate surface area is 266 Å². The van der Waals surface area contributed by atoms with Gasteiger partial charge in [-0.25, -0.2) is 4.79 Å². The first-order valence-corrected chi connectivity index (χ1v) is 15.0. The van der Waals surface area contributed by atoms with Crippen LogP contribution in [0.4, 0.5) is 0 Å². The maximum absolute atomic E-state index is 12.3.